The van der Waals surface area contributed by atoms with Gasteiger partial charge >= 0.3 is 11.7 Å². The summed E-state index contributed by atoms with van der Waals surface area (Å²) in [4.78, 5) is -2.67. The lowest BCUT2D eigenvalue weighted by Gasteiger charge is -2.15. The molecule has 0 N–H and O–H groups in total. The van der Waals surface area contributed by atoms with E-state index in [9.17, 15) is 34.8 Å². The molecule has 27 heavy (non-hydrogen) atoms. The summed E-state index contributed by atoms with van der Waals surface area (Å²) in [6.07, 6.45) is -4.54. The van der Waals surface area contributed by atoms with Crippen LogP contribution in [0.15, 0.2) is 71.6 Å². The van der Waals surface area contributed by atoms with Gasteiger partial charge in [-0.3, -0.25) is 0 Å². The van der Waals surface area contributed by atoms with E-state index in [1.54, 1.807) is 24.3 Å². The highest BCUT2D eigenvalue weighted by Gasteiger charge is 2.56. The summed E-state index contributed by atoms with van der Waals surface area (Å²) in [7, 11) is -6.60. The molecule has 0 unspecified atom stereocenters. The summed E-state index contributed by atoms with van der Waals surface area (Å²) < 4.78 is 101. The van der Waals surface area contributed by atoms with Crippen molar-refractivity contribution in [1.82, 2.24) is 0 Å². The minimum atomic E-state index is -6.60. The number of sulfone groups is 1. The molecule has 0 aliphatic rings. The zero-order valence-corrected chi connectivity index (χ0v) is 14.2. The van der Waals surface area contributed by atoms with E-state index >= 15 is 0 Å². The van der Waals surface area contributed by atoms with E-state index < -0.39 is 26.4 Å². The van der Waals surface area contributed by atoms with Gasteiger partial charge in [-0.25, -0.2) is 8.42 Å². The first kappa shape index (κ1) is 20.8. The van der Waals surface area contributed by atoms with E-state index in [0.717, 1.165) is 0 Å². The van der Waals surface area contributed by atoms with Crippen LogP contribution in [0.2, 0.25) is 0 Å². The molecule has 0 atom stereocenters. The van der Waals surface area contributed by atoms with Crippen LogP contribution >= 0.6 is 0 Å². The third-order valence-electron chi connectivity index (χ3n) is 3.39. The number of rotatable bonds is 4. The number of alkyl halides is 6. The van der Waals surface area contributed by atoms with Crippen molar-refractivity contribution in [3.8, 4) is 0 Å². The highest BCUT2D eigenvalue weighted by molar-refractivity contribution is 7.96. The minimum absolute atomic E-state index is 0.00512. The van der Waals surface area contributed by atoms with Crippen LogP contribution < -0.4 is 0 Å². The predicted molar refractivity (Wildman–Crippen MR) is 89.9 cm³/mol. The fraction of sp³-hybridized carbons (Fsp3) is 0.111. The largest absolute Gasteiger partial charge is 0.501 e. The van der Waals surface area contributed by atoms with E-state index in [0.29, 0.717) is 5.56 Å². The van der Waals surface area contributed by atoms with Gasteiger partial charge in [0, 0.05) is 0 Å². The first-order valence-electron chi connectivity index (χ1n) is 7.35. The Morgan fingerprint density at radius 3 is 1.70 bits per heavy atom. The maximum absolute atomic E-state index is 13.2. The van der Waals surface area contributed by atoms with Crippen molar-refractivity contribution in [1.29, 1.82) is 0 Å². The molecule has 9 heteroatoms. The summed E-state index contributed by atoms with van der Waals surface area (Å²) in [5.74, 6) is 0. The fourth-order valence-electron chi connectivity index (χ4n) is 2.15. The Morgan fingerprint density at radius 2 is 1.26 bits per heavy atom. The third-order valence-corrected chi connectivity index (χ3v) is 4.93. The molecule has 0 amide bonds. The van der Waals surface area contributed by atoms with Crippen LogP contribution in [0.4, 0.5) is 26.3 Å². The summed E-state index contributed by atoms with van der Waals surface area (Å²) in [5, 5.41) is 0. The zero-order valence-electron chi connectivity index (χ0n) is 13.4. The Morgan fingerprint density at radius 1 is 0.778 bits per heavy atom. The van der Waals surface area contributed by atoms with Crippen LogP contribution in [0.5, 0.6) is 0 Å². The predicted octanol–water partition coefficient (Wildman–Crippen LogP) is 5.61. The first-order chi connectivity index (χ1) is 12.4. The van der Waals surface area contributed by atoms with Crippen LogP contribution in [0.25, 0.3) is 11.6 Å². The molecule has 0 saturated heterocycles. The van der Waals surface area contributed by atoms with E-state index in [2.05, 4.69) is 0 Å². The van der Waals surface area contributed by atoms with Crippen molar-refractivity contribution in [3.63, 3.8) is 0 Å². The van der Waals surface area contributed by atoms with Gasteiger partial charge in [-0.1, -0.05) is 60.7 Å². The highest BCUT2D eigenvalue weighted by Crippen LogP contribution is 2.40. The van der Waals surface area contributed by atoms with Gasteiger partial charge in [0.1, 0.15) is 0 Å². The van der Waals surface area contributed by atoms with Gasteiger partial charge in [0.25, 0.3) is 9.84 Å². The van der Waals surface area contributed by atoms with Gasteiger partial charge in [0.05, 0.1) is 0 Å². The molecule has 0 aliphatic carbocycles. The van der Waals surface area contributed by atoms with Gasteiger partial charge in [0.15, 0.2) is 4.91 Å². The SMILES string of the molecule is O=S(=O)(/C(=C\C(=C\c1ccccc1)c1ccccc1)C(F)(F)F)C(F)(F)F. The van der Waals surface area contributed by atoms with Crippen molar-refractivity contribution < 1.29 is 34.8 Å². The third kappa shape index (κ3) is 5.00. The van der Waals surface area contributed by atoms with Crippen LogP contribution in [0.1, 0.15) is 11.1 Å². The smallest absolute Gasteiger partial charge is 0.214 e. The van der Waals surface area contributed by atoms with Crippen LogP contribution in [-0.4, -0.2) is 20.1 Å². The summed E-state index contributed by atoms with van der Waals surface area (Å²) in [6.45, 7) is 0. The fourth-order valence-corrected chi connectivity index (χ4v) is 2.98. The lowest BCUT2D eigenvalue weighted by Crippen LogP contribution is -2.31. The Labute approximate surface area is 151 Å². The number of benzene rings is 2. The molecule has 0 bridgehead atoms. The van der Waals surface area contributed by atoms with Gasteiger partial charge in [-0.05, 0) is 28.9 Å². The molecule has 0 spiro atoms. The molecule has 0 heterocycles. The average molecular weight is 406 g/mol. The summed E-state index contributed by atoms with van der Waals surface area (Å²) in [5.41, 5.74) is -5.90. The number of hydrogen-bond acceptors (Lipinski definition) is 2. The molecule has 0 aromatic heterocycles. The van der Waals surface area contributed by atoms with Gasteiger partial charge in [0.2, 0.25) is 0 Å². The molecule has 2 aromatic rings. The van der Waals surface area contributed by atoms with E-state index in [1.807, 2.05) is 0 Å². The monoisotopic (exact) mass is 406 g/mol. The van der Waals surface area contributed by atoms with Crippen molar-refractivity contribution >= 4 is 21.5 Å². The number of hydrogen-bond donors (Lipinski definition) is 0. The molecule has 0 aliphatic heterocycles. The second kappa shape index (κ2) is 7.59. The first-order valence-corrected chi connectivity index (χ1v) is 8.83. The maximum Gasteiger partial charge on any atom is 0.501 e. The molecule has 0 fully saturated rings. The number of allylic oxidation sites excluding steroid dienone is 3. The molecular weight excluding hydrogens is 394 g/mol. The number of halogens is 6. The average Bonchev–Trinajstić information content (AvgIpc) is 2.58. The van der Waals surface area contributed by atoms with Gasteiger partial charge in [-0.15, -0.1) is 0 Å². The summed E-state index contributed by atoms with van der Waals surface area (Å²) in [6, 6.07) is 15.0. The standard InChI is InChI=1S/C18H12F6O2S/c19-17(20,21)16(27(25,26)18(22,23)24)12-15(14-9-5-2-6-10-14)11-13-7-3-1-4-8-13/h1-12H/b15-11-,16-12-. The normalized spacial score (nSPS) is 14.3. The van der Waals surface area contributed by atoms with Crippen LogP contribution in [-0.2, 0) is 9.84 Å². The lowest BCUT2D eigenvalue weighted by atomic mass is 10.0. The quantitative estimate of drug-likeness (QED) is 0.376. The molecule has 2 rings (SSSR count). The van der Waals surface area contributed by atoms with E-state index in [4.69, 9.17) is 0 Å². The van der Waals surface area contributed by atoms with Gasteiger partial charge < -0.3 is 0 Å². The van der Waals surface area contributed by atoms with Crippen LogP contribution in [0.3, 0.4) is 0 Å². The molecule has 2 aromatic carbocycles. The van der Waals surface area contributed by atoms with Crippen molar-refractivity contribution in [2.45, 2.75) is 11.7 Å². The molecule has 0 saturated carbocycles. The summed E-state index contributed by atoms with van der Waals surface area (Å²) >= 11 is 0. The Hall–Kier alpha value is -2.55. The van der Waals surface area contributed by atoms with E-state index in [1.165, 1.54) is 42.5 Å². The van der Waals surface area contributed by atoms with Crippen LogP contribution in [0, 0.1) is 0 Å². The highest BCUT2D eigenvalue weighted by atomic mass is 32.2. The zero-order chi connectivity index (χ0) is 20.3. The van der Waals surface area contributed by atoms with Crippen molar-refractivity contribution in [3.05, 3.63) is 82.8 Å². The maximum atomic E-state index is 13.2. The minimum Gasteiger partial charge on any atom is -0.214 e. The molecular formula is C18H12F6O2S. The molecule has 0 radical (unpaired) electrons. The molecule has 2 nitrogen and oxygen atoms in total. The second-order valence-corrected chi connectivity index (χ2v) is 7.24. The Balaban J connectivity index is 2.75. The lowest BCUT2D eigenvalue weighted by molar-refractivity contribution is -0.0893. The van der Waals surface area contributed by atoms with E-state index in [-0.39, 0.29) is 17.2 Å². The van der Waals surface area contributed by atoms with Crippen molar-refractivity contribution in [2.75, 3.05) is 0 Å². The van der Waals surface area contributed by atoms with Gasteiger partial charge in [-0.2, -0.15) is 26.3 Å². The topological polar surface area (TPSA) is 34.1 Å². The molecule has 144 valence electrons. The second-order valence-electron chi connectivity index (χ2n) is 5.33. The Kier molecular flexibility index (Phi) is 5.84. The Bertz CT molecular complexity index is 941. The van der Waals surface area contributed by atoms with Crippen molar-refractivity contribution in [2.24, 2.45) is 0 Å².